The number of rotatable bonds is 12. The van der Waals surface area contributed by atoms with Crippen LogP contribution in [0.5, 0.6) is 0 Å². The molecule has 330 valence electrons. The lowest BCUT2D eigenvalue weighted by atomic mass is 9.91. The van der Waals surface area contributed by atoms with Gasteiger partial charge in [-0.15, -0.1) is 0 Å². The van der Waals surface area contributed by atoms with Crippen molar-refractivity contribution < 1.29 is 28.7 Å². The third kappa shape index (κ3) is 10.0. The SMILES string of the molecule is CN(Cc1c2ccccc2c(CN(C)C(=O)c2cccc(C(=O)N(C)Cc3c4ccccc4c(CNCC(=O)OC(C)(C)C)c4ccccc34)c2)c2ccccc12)C(=O)OC(C)(C)C. The normalized spacial score (nSPS) is 11.8. The molecule has 0 radical (unpaired) electrons. The van der Waals surface area contributed by atoms with Gasteiger partial charge >= 0.3 is 12.1 Å². The van der Waals surface area contributed by atoms with Crippen LogP contribution in [0.25, 0.3) is 43.1 Å². The van der Waals surface area contributed by atoms with Crippen LogP contribution < -0.4 is 5.32 Å². The summed E-state index contributed by atoms with van der Waals surface area (Å²) in [6, 6.07) is 39.4. The second-order valence-corrected chi connectivity index (χ2v) is 18.5. The van der Waals surface area contributed by atoms with E-state index in [1.165, 1.54) is 0 Å². The molecule has 0 fully saturated rings. The van der Waals surface area contributed by atoms with Crippen LogP contribution in [0, 0.1) is 0 Å². The Balaban J connectivity index is 1.13. The van der Waals surface area contributed by atoms with Crippen LogP contribution in [0.2, 0.25) is 0 Å². The lowest BCUT2D eigenvalue weighted by Gasteiger charge is -2.26. The smallest absolute Gasteiger partial charge is 0.410 e. The van der Waals surface area contributed by atoms with E-state index in [-0.39, 0.29) is 24.3 Å². The zero-order valence-electron chi connectivity index (χ0n) is 38.4. The number of nitrogens with one attached hydrogen (secondary N) is 1. The lowest BCUT2D eigenvalue weighted by Crippen LogP contribution is -2.34. The number of fused-ring (bicyclic) bond motifs is 4. The van der Waals surface area contributed by atoms with Gasteiger partial charge in [-0.2, -0.15) is 0 Å². The zero-order valence-corrected chi connectivity index (χ0v) is 38.4. The van der Waals surface area contributed by atoms with Gasteiger partial charge in [0.2, 0.25) is 0 Å². The van der Waals surface area contributed by atoms with Gasteiger partial charge < -0.3 is 29.5 Å². The molecule has 0 saturated heterocycles. The van der Waals surface area contributed by atoms with Gasteiger partial charge in [-0.1, -0.05) is 103 Å². The van der Waals surface area contributed by atoms with Crippen LogP contribution in [-0.4, -0.2) is 77.5 Å². The molecule has 7 rings (SSSR count). The molecule has 3 amide bonds. The summed E-state index contributed by atoms with van der Waals surface area (Å²) < 4.78 is 11.2. The van der Waals surface area contributed by atoms with E-state index in [4.69, 9.17) is 9.47 Å². The predicted octanol–water partition coefficient (Wildman–Crippen LogP) is 10.6. The standard InChI is InChI=1S/C54H58N4O6/c1-53(2,3)63-49(59)31-55-30-45-37-21-10-12-23-39(37)46(40-24-13-11-22-38(40)45)32-56(7)50(60)35-19-18-20-36(29-35)51(61)57(8)33-47-41-25-14-16-27-43(41)48(44-28-17-15-26-42(44)47)34-58(9)52(62)64-54(4,5)6/h10-29,55H,30-34H2,1-9H3. The number of ether oxygens (including phenoxy) is 2. The topological polar surface area (TPSA) is 108 Å². The fourth-order valence-corrected chi connectivity index (χ4v) is 8.47. The Morgan fingerprint density at radius 1 is 0.453 bits per heavy atom. The summed E-state index contributed by atoms with van der Waals surface area (Å²) in [7, 11) is 5.31. The molecular formula is C54H58N4O6. The molecule has 7 aromatic rings. The Morgan fingerprint density at radius 3 is 1.12 bits per heavy atom. The second kappa shape index (κ2) is 18.5. The number of nitrogens with zero attached hydrogens (tertiary/aromatic N) is 3. The van der Waals surface area contributed by atoms with Gasteiger partial charge in [-0.3, -0.25) is 14.4 Å². The van der Waals surface area contributed by atoms with Crippen LogP contribution in [0.4, 0.5) is 4.79 Å². The second-order valence-electron chi connectivity index (χ2n) is 18.5. The Bertz CT molecular complexity index is 2800. The minimum absolute atomic E-state index is 0.0773. The van der Waals surface area contributed by atoms with Crippen molar-refractivity contribution in [3.05, 3.63) is 155 Å². The van der Waals surface area contributed by atoms with E-state index in [1.54, 1.807) is 60.1 Å². The molecule has 10 nitrogen and oxygen atoms in total. The highest BCUT2D eigenvalue weighted by Gasteiger charge is 2.25. The first-order valence-corrected chi connectivity index (χ1v) is 21.7. The van der Waals surface area contributed by atoms with Crippen molar-refractivity contribution >= 4 is 67.0 Å². The molecule has 0 aliphatic carbocycles. The summed E-state index contributed by atoms with van der Waals surface area (Å²) >= 11 is 0. The molecular weight excluding hydrogens is 801 g/mol. The van der Waals surface area contributed by atoms with Crippen molar-refractivity contribution in [1.82, 2.24) is 20.0 Å². The molecule has 0 bridgehead atoms. The largest absolute Gasteiger partial charge is 0.459 e. The number of hydrogen-bond donors (Lipinski definition) is 1. The highest BCUT2D eigenvalue weighted by Crippen LogP contribution is 2.36. The van der Waals surface area contributed by atoms with Gasteiger partial charge in [-0.25, -0.2) is 4.79 Å². The average molecular weight is 859 g/mol. The summed E-state index contributed by atoms with van der Waals surface area (Å²) in [5.74, 6) is -0.741. The minimum atomic E-state index is -0.622. The Kier molecular flexibility index (Phi) is 13.1. The molecule has 0 atom stereocenters. The predicted molar refractivity (Wildman–Crippen MR) is 256 cm³/mol. The van der Waals surface area contributed by atoms with Crippen LogP contribution in [0.15, 0.2) is 121 Å². The summed E-state index contributed by atoms with van der Waals surface area (Å²) in [4.78, 5) is 59.1. The van der Waals surface area contributed by atoms with Gasteiger partial charge in [0.1, 0.15) is 11.2 Å². The maximum Gasteiger partial charge on any atom is 0.410 e. The van der Waals surface area contributed by atoms with Crippen LogP contribution in [0.1, 0.15) is 84.5 Å². The molecule has 1 N–H and O–H groups in total. The van der Waals surface area contributed by atoms with Gasteiger partial charge in [0, 0.05) is 58.4 Å². The van der Waals surface area contributed by atoms with E-state index in [2.05, 4.69) is 53.8 Å². The number of carbonyl (C=O) groups excluding carboxylic acids is 4. The maximum absolute atomic E-state index is 14.3. The van der Waals surface area contributed by atoms with Gasteiger partial charge in [0.25, 0.3) is 11.8 Å². The van der Waals surface area contributed by atoms with E-state index >= 15 is 0 Å². The summed E-state index contributed by atoms with van der Waals surface area (Å²) in [6.45, 7) is 12.6. The maximum atomic E-state index is 14.3. The third-order valence-electron chi connectivity index (χ3n) is 11.2. The van der Waals surface area contributed by atoms with Crippen LogP contribution in [0.3, 0.4) is 0 Å². The van der Waals surface area contributed by atoms with Crippen LogP contribution >= 0.6 is 0 Å². The summed E-state index contributed by atoms with van der Waals surface area (Å²) in [5.41, 5.74) is 3.68. The first-order valence-electron chi connectivity index (χ1n) is 21.7. The average Bonchev–Trinajstić information content (AvgIpc) is 3.26. The number of hydrogen-bond acceptors (Lipinski definition) is 7. The highest BCUT2D eigenvalue weighted by molar-refractivity contribution is 6.08. The molecule has 0 saturated carbocycles. The highest BCUT2D eigenvalue weighted by atomic mass is 16.6. The molecule has 0 heterocycles. The Morgan fingerprint density at radius 2 is 0.781 bits per heavy atom. The van der Waals surface area contributed by atoms with Crippen molar-refractivity contribution in [3.8, 4) is 0 Å². The van der Waals surface area contributed by atoms with E-state index in [1.807, 2.05) is 90.1 Å². The number of carbonyl (C=O) groups is 4. The quantitative estimate of drug-likeness (QED) is 0.0963. The lowest BCUT2D eigenvalue weighted by molar-refractivity contribution is -0.153. The van der Waals surface area contributed by atoms with Crippen LogP contribution in [-0.2, 0) is 40.4 Å². The molecule has 0 aromatic heterocycles. The number of amides is 3. The van der Waals surface area contributed by atoms with E-state index in [0.29, 0.717) is 37.3 Å². The molecule has 0 unspecified atom stereocenters. The van der Waals surface area contributed by atoms with E-state index in [0.717, 1.165) is 65.3 Å². The first kappa shape index (κ1) is 45.3. The van der Waals surface area contributed by atoms with Gasteiger partial charge in [0.05, 0.1) is 6.54 Å². The van der Waals surface area contributed by atoms with E-state index < -0.39 is 17.3 Å². The van der Waals surface area contributed by atoms with Gasteiger partial charge in [-0.05, 0) is 125 Å². The number of esters is 1. The van der Waals surface area contributed by atoms with E-state index in [9.17, 15) is 19.2 Å². The minimum Gasteiger partial charge on any atom is -0.459 e. The molecule has 7 aromatic carbocycles. The van der Waals surface area contributed by atoms with Crippen molar-refractivity contribution in [2.75, 3.05) is 27.7 Å². The molecule has 0 aliphatic heterocycles. The Hall–Kier alpha value is -6.78. The monoisotopic (exact) mass is 858 g/mol. The van der Waals surface area contributed by atoms with Crippen molar-refractivity contribution in [2.45, 2.75) is 78.9 Å². The molecule has 64 heavy (non-hydrogen) atoms. The first-order chi connectivity index (χ1) is 30.4. The fraction of sp³-hybridized carbons (Fsp3) is 0.296. The molecule has 0 aliphatic rings. The zero-order chi connectivity index (χ0) is 45.9. The third-order valence-corrected chi connectivity index (χ3v) is 11.2. The van der Waals surface area contributed by atoms with Crippen molar-refractivity contribution in [3.63, 3.8) is 0 Å². The van der Waals surface area contributed by atoms with Gasteiger partial charge in [0.15, 0.2) is 0 Å². The summed E-state index contributed by atoms with van der Waals surface area (Å²) in [5, 5.41) is 11.4. The fourth-order valence-electron chi connectivity index (χ4n) is 8.47. The van der Waals surface area contributed by atoms with Crippen molar-refractivity contribution in [2.24, 2.45) is 0 Å². The number of benzene rings is 7. The van der Waals surface area contributed by atoms with Crippen molar-refractivity contribution in [1.29, 1.82) is 0 Å². The molecule has 0 spiro atoms. The molecule has 10 heteroatoms. The summed E-state index contributed by atoms with van der Waals surface area (Å²) in [6.07, 6.45) is -0.402. The Labute approximate surface area is 375 Å².